The van der Waals surface area contributed by atoms with E-state index >= 15 is 0 Å². The van der Waals surface area contributed by atoms with Crippen LogP contribution in [-0.4, -0.2) is 5.78 Å². The molecule has 0 amide bonds. The molecular formula is C17H10Cl2O. The van der Waals surface area contributed by atoms with Crippen LogP contribution in [0.2, 0.25) is 10.0 Å². The smallest absolute Gasteiger partial charge is 0.163 e. The molecule has 0 fully saturated rings. The lowest BCUT2D eigenvalue weighted by Crippen LogP contribution is -1.90. The van der Waals surface area contributed by atoms with Crippen molar-refractivity contribution in [3.63, 3.8) is 0 Å². The number of aryl methyl sites for hydroxylation is 1. The molecule has 1 nitrogen and oxygen atoms in total. The zero-order valence-electron chi connectivity index (χ0n) is 10.5. The summed E-state index contributed by atoms with van der Waals surface area (Å²) < 4.78 is 0. The molecule has 3 rings (SSSR count). The van der Waals surface area contributed by atoms with Crippen molar-refractivity contribution < 1.29 is 4.79 Å². The zero-order valence-corrected chi connectivity index (χ0v) is 12.1. The molecule has 98 valence electrons. The van der Waals surface area contributed by atoms with Crippen molar-refractivity contribution in [1.29, 1.82) is 0 Å². The topological polar surface area (TPSA) is 17.1 Å². The second-order valence-corrected chi connectivity index (χ2v) is 5.46. The zero-order chi connectivity index (χ0) is 14.1. The van der Waals surface area contributed by atoms with Crippen molar-refractivity contribution in [2.45, 2.75) is 12.8 Å². The van der Waals surface area contributed by atoms with Crippen LogP contribution in [-0.2, 0) is 6.42 Å². The summed E-state index contributed by atoms with van der Waals surface area (Å²) in [5.74, 6) is 6.27. The van der Waals surface area contributed by atoms with Gasteiger partial charge in [-0.25, -0.2) is 0 Å². The van der Waals surface area contributed by atoms with Crippen LogP contribution in [0, 0.1) is 11.8 Å². The van der Waals surface area contributed by atoms with Gasteiger partial charge < -0.3 is 0 Å². The Morgan fingerprint density at radius 2 is 1.70 bits per heavy atom. The number of rotatable bonds is 0. The van der Waals surface area contributed by atoms with E-state index < -0.39 is 0 Å². The lowest BCUT2D eigenvalue weighted by Gasteiger charge is -1.99. The molecular weight excluding hydrogens is 291 g/mol. The molecule has 1 aliphatic rings. The molecule has 1 aliphatic carbocycles. The number of fused-ring (bicyclic) bond motifs is 1. The molecule has 0 saturated heterocycles. The highest BCUT2D eigenvalue weighted by atomic mass is 35.5. The minimum Gasteiger partial charge on any atom is -0.294 e. The number of Topliss-reactive ketones (excluding diaryl/α,β-unsaturated/α-hetero) is 1. The predicted octanol–water partition coefficient (Wildman–Crippen LogP) is 4.52. The van der Waals surface area contributed by atoms with Crippen molar-refractivity contribution in [1.82, 2.24) is 0 Å². The first kappa shape index (κ1) is 13.2. The lowest BCUT2D eigenvalue weighted by atomic mass is 10.1. The van der Waals surface area contributed by atoms with Gasteiger partial charge in [0.05, 0.1) is 15.6 Å². The Kier molecular flexibility index (Phi) is 3.53. The van der Waals surface area contributed by atoms with Crippen molar-refractivity contribution in [2.75, 3.05) is 0 Å². The monoisotopic (exact) mass is 300 g/mol. The largest absolute Gasteiger partial charge is 0.294 e. The van der Waals surface area contributed by atoms with Crippen LogP contribution in [0.4, 0.5) is 0 Å². The SMILES string of the molecule is O=C1CCc2cc(C#Cc3c(Cl)cccc3Cl)ccc21. The van der Waals surface area contributed by atoms with E-state index in [4.69, 9.17) is 23.2 Å². The van der Waals surface area contributed by atoms with E-state index in [1.54, 1.807) is 18.2 Å². The summed E-state index contributed by atoms with van der Waals surface area (Å²) >= 11 is 12.2. The van der Waals surface area contributed by atoms with Gasteiger partial charge in [-0.05, 0) is 42.3 Å². The highest BCUT2D eigenvalue weighted by Gasteiger charge is 2.18. The molecule has 2 aromatic rings. The molecule has 0 atom stereocenters. The fraction of sp³-hybridized carbons (Fsp3) is 0.118. The number of ketones is 1. The van der Waals surface area contributed by atoms with Gasteiger partial charge in [0.2, 0.25) is 0 Å². The number of carbonyl (C=O) groups excluding carboxylic acids is 1. The Hall–Kier alpha value is -1.75. The van der Waals surface area contributed by atoms with E-state index in [1.165, 1.54) is 0 Å². The molecule has 0 saturated carbocycles. The molecule has 0 spiro atoms. The maximum atomic E-state index is 11.6. The van der Waals surface area contributed by atoms with Gasteiger partial charge in [0, 0.05) is 17.5 Å². The van der Waals surface area contributed by atoms with Crippen LogP contribution in [0.1, 0.15) is 33.5 Å². The molecule has 3 heteroatoms. The van der Waals surface area contributed by atoms with Gasteiger partial charge in [-0.1, -0.05) is 41.1 Å². The summed E-state index contributed by atoms with van der Waals surface area (Å²) in [7, 11) is 0. The number of carbonyl (C=O) groups is 1. The molecule has 2 aromatic carbocycles. The first-order valence-electron chi connectivity index (χ1n) is 6.27. The van der Waals surface area contributed by atoms with E-state index in [2.05, 4.69) is 11.8 Å². The van der Waals surface area contributed by atoms with Gasteiger partial charge in [-0.2, -0.15) is 0 Å². The highest BCUT2D eigenvalue weighted by molar-refractivity contribution is 6.36. The van der Waals surface area contributed by atoms with Crippen molar-refractivity contribution >= 4 is 29.0 Å². The van der Waals surface area contributed by atoms with E-state index in [0.29, 0.717) is 22.0 Å². The van der Waals surface area contributed by atoms with E-state index in [1.807, 2.05) is 18.2 Å². The maximum Gasteiger partial charge on any atom is 0.163 e. The van der Waals surface area contributed by atoms with Crippen molar-refractivity contribution in [3.05, 3.63) is 68.7 Å². The average Bonchev–Trinajstić information content (AvgIpc) is 2.79. The van der Waals surface area contributed by atoms with Gasteiger partial charge in [-0.3, -0.25) is 4.79 Å². The first-order chi connectivity index (χ1) is 9.65. The lowest BCUT2D eigenvalue weighted by molar-refractivity contribution is 0.0994. The van der Waals surface area contributed by atoms with E-state index in [0.717, 1.165) is 23.1 Å². The minimum atomic E-state index is 0.216. The van der Waals surface area contributed by atoms with Crippen molar-refractivity contribution in [3.8, 4) is 11.8 Å². The third kappa shape index (κ3) is 2.45. The Labute approximate surface area is 127 Å². The number of hydrogen-bond acceptors (Lipinski definition) is 1. The van der Waals surface area contributed by atoms with Gasteiger partial charge >= 0.3 is 0 Å². The van der Waals surface area contributed by atoms with E-state index in [9.17, 15) is 4.79 Å². The first-order valence-corrected chi connectivity index (χ1v) is 7.03. The fourth-order valence-electron chi connectivity index (χ4n) is 2.29. The highest BCUT2D eigenvalue weighted by Crippen LogP contribution is 2.24. The fourth-order valence-corrected chi connectivity index (χ4v) is 2.78. The number of benzene rings is 2. The molecule has 0 aliphatic heterocycles. The molecule has 0 radical (unpaired) electrons. The van der Waals surface area contributed by atoms with Gasteiger partial charge in [0.15, 0.2) is 5.78 Å². The van der Waals surface area contributed by atoms with Crippen LogP contribution in [0.25, 0.3) is 0 Å². The number of halogens is 2. The van der Waals surface area contributed by atoms with Crippen LogP contribution in [0.15, 0.2) is 36.4 Å². The maximum absolute atomic E-state index is 11.6. The van der Waals surface area contributed by atoms with Crippen LogP contribution in [0.3, 0.4) is 0 Å². The standard InChI is InChI=1S/C17H10Cl2O/c18-15-2-1-3-16(19)14(15)8-5-11-4-7-13-12(10-11)6-9-17(13)20/h1-4,7,10H,6,9H2. The summed E-state index contributed by atoms with van der Waals surface area (Å²) in [5.41, 5.74) is 3.40. The van der Waals surface area contributed by atoms with Gasteiger partial charge in [-0.15, -0.1) is 0 Å². The molecule has 0 N–H and O–H groups in total. The Morgan fingerprint density at radius 3 is 2.45 bits per heavy atom. The molecule has 20 heavy (non-hydrogen) atoms. The Morgan fingerprint density at radius 1 is 0.950 bits per heavy atom. The molecule has 0 heterocycles. The molecule has 0 aromatic heterocycles. The summed E-state index contributed by atoms with van der Waals surface area (Å²) in [6, 6.07) is 11.0. The number of hydrogen-bond donors (Lipinski definition) is 0. The van der Waals surface area contributed by atoms with Crippen LogP contribution < -0.4 is 0 Å². The second-order valence-electron chi connectivity index (χ2n) is 4.64. The van der Waals surface area contributed by atoms with Gasteiger partial charge in [0.25, 0.3) is 0 Å². The second kappa shape index (κ2) is 5.32. The average molecular weight is 301 g/mol. The summed E-state index contributed by atoms with van der Waals surface area (Å²) in [6.45, 7) is 0. The van der Waals surface area contributed by atoms with Crippen molar-refractivity contribution in [2.24, 2.45) is 0 Å². The Bertz CT molecular complexity index is 746. The molecule has 0 unspecified atom stereocenters. The summed E-state index contributed by atoms with van der Waals surface area (Å²) in [4.78, 5) is 11.6. The third-order valence-electron chi connectivity index (χ3n) is 3.32. The minimum absolute atomic E-state index is 0.216. The van der Waals surface area contributed by atoms with Crippen LogP contribution >= 0.6 is 23.2 Å². The van der Waals surface area contributed by atoms with Gasteiger partial charge in [0.1, 0.15) is 0 Å². The summed E-state index contributed by atoms with van der Waals surface area (Å²) in [5, 5.41) is 1.09. The van der Waals surface area contributed by atoms with E-state index in [-0.39, 0.29) is 5.78 Å². The third-order valence-corrected chi connectivity index (χ3v) is 3.95. The van der Waals surface area contributed by atoms with Crippen LogP contribution in [0.5, 0.6) is 0 Å². The normalized spacial score (nSPS) is 12.8. The predicted molar refractivity (Wildman–Crippen MR) is 81.5 cm³/mol. The Balaban J connectivity index is 1.97. The summed E-state index contributed by atoms with van der Waals surface area (Å²) in [6.07, 6.45) is 1.40. The quantitative estimate of drug-likeness (QED) is 0.654. The molecule has 0 bridgehead atoms.